The molecule has 6 heteroatoms. The van der Waals surface area contributed by atoms with Crippen molar-refractivity contribution < 1.29 is 19.0 Å². The van der Waals surface area contributed by atoms with E-state index in [0.717, 1.165) is 0 Å². The van der Waals surface area contributed by atoms with Crippen molar-refractivity contribution in [2.75, 3.05) is 11.9 Å². The SMILES string of the molecule is C[C@@H](Nc1ccc(C=Cc2c(F)cccc2Cl)cc1F)[C@@H](O)CO. The Kier molecular flexibility index (Phi) is 6.31. The summed E-state index contributed by atoms with van der Waals surface area (Å²) >= 11 is 5.93. The van der Waals surface area contributed by atoms with E-state index >= 15 is 0 Å². The minimum Gasteiger partial charge on any atom is -0.394 e. The van der Waals surface area contributed by atoms with Gasteiger partial charge in [0.25, 0.3) is 0 Å². The average molecular weight is 354 g/mol. The molecule has 2 aromatic rings. The van der Waals surface area contributed by atoms with Gasteiger partial charge in [-0.3, -0.25) is 0 Å². The second-order valence-corrected chi connectivity index (χ2v) is 5.80. The van der Waals surface area contributed by atoms with Gasteiger partial charge in [0.15, 0.2) is 0 Å². The van der Waals surface area contributed by atoms with Crippen LogP contribution in [0.15, 0.2) is 36.4 Å². The highest BCUT2D eigenvalue weighted by atomic mass is 35.5. The van der Waals surface area contributed by atoms with Crippen molar-refractivity contribution in [3.8, 4) is 0 Å². The summed E-state index contributed by atoms with van der Waals surface area (Å²) in [6, 6.07) is 8.32. The van der Waals surface area contributed by atoms with E-state index in [0.29, 0.717) is 5.56 Å². The van der Waals surface area contributed by atoms with Crippen molar-refractivity contribution in [1.29, 1.82) is 0 Å². The summed E-state index contributed by atoms with van der Waals surface area (Å²) in [7, 11) is 0. The van der Waals surface area contributed by atoms with Crippen molar-refractivity contribution >= 4 is 29.4 Å². The first kappa shape index (κ1) is 18.4. The zero-order valence-electron chi connectivity index (χ0n) is 13.0. The fourth-order valence-corrected chi connectivity index (χ4v) is 2.33. The quantitative estimate of drug-likeness (QED) is 0.689. The van der Waals surface area contributed by atoms with Gasteiger partial charge in [-0.05, 0) is 42.8 Å². The lowest BCUT2D eigenvalue weighted by molar-refractivity contribution is 0.0838. The third kappa shape index (κ3) is 4.54. The molecule has 0 bridgehead atoms. The highest BCUT2D eigenvalue weighted by Gasteiger charge is 2.14. The van der Waals surface area contributed by atoms with E-state index in [2.05, 4.69) is 5.32 Å². The molecule has 0 aromatic heterocycles. The molecule has 0 aliphatic rings. The minimum atomic E-state index is -0.993. The van der Waals surface area contributed by atoms with Crippen LogP contribution in [-0.2, 0) is 0 Å². The monoisotopic (exact) mass is 353 g/mol. The van der Waals surface area contributed by atoms with Crippen LogP contribution < -0.4 is 5.32 Å². The fourth-order valence-electron chi connectivity index (χ4n) is 2.10. The van der Waals surface area contributed by atoms with E-state index in [1.54, 1.807) is 25.1 Å². The molecule has 0 saturated carbocycles. The largest absolute Gasteiger partial charge is 0.394 e. The van der Waals surface area contributed by atoms with Gasteiger partial charge in [0.05, 0.1) is 29.5 Å². The van der Waals surface area contributed by atoms with Crippen molar-refractivity contribution in [1.82, 2.24) is 0 Å². The Bertz CT molecular complexity index is 717. The van der Waals surface area contributed by atoms with Crippen LogP contribution in [0.3, 0.4) is 0 Å². The summed E-state index contributed by atoms with van der Waals surface area (Å²) in [5.74, 6) is -0.974. The van der Waals surface area contributed by atoms with E-state index in [-0.39, 0.29) is 16.3 Å². The molecular weight excluding hydrogens is 336 g/mol. The summed E-state index contributed by atoms with van der Waals surface area (Å²) < 4.78 is 27.8. The maximum Gasteiger partial charge on any atom is 0.146 e. The fraction of sp³-hybridized carbons (Fsp3) is 0.222. The van der Waals surface area contributed by atoms with E-state index in [4.69, 9.17) is 16.7 Å². The highest BCUT2D eigenvalue weighted by molar-refractivity contribution is 6.32. The average Bonchev–Trinajstić information content (AvgIpc) is 2.55. The zero-order valence-corrected chi connectivity index (χ0v) is 13.8. The van der Waals surface area contributed by atoms with Crippen LogP contribution in [-0.4, -0.2) is 29.0 Å². The molecular formula is C18H18ClF2NO2. The number of aliphatic hydroxyl groups is 2. The van der Waals surface area contributed by atoms with Gasteiger partial charge in [0.1, 0.15) is 11.6 Å². The smallest absolute Gasteiger partial charge is 0.146 e. The Labute approximate surface area is 144 Å². The Morgan fingerprint density at radius 2 is 1.92 bits per heavy atom. The predicted molar refractivity (Wildman–Crippen MR) is 92.9 cm³/mol. The van der Waals surface area contributed by atoms with Gasteiger partial charge in [0.2, 0.25) is 0 Å². The molecule has 128 valence electrons. The molecule has 0 amide bonds. The lowest BCUT2D eigenvalue weighted by Crippen LogP contribution is -2.33. The molecule has 0 radical (unpaired) electrons. The molecule has 2 atom stereocenters. The summed E-state index contributed by atoms with van der Waals surface area (Å²) in [6.07, 6.45) is 2.05. The second-order valence-electron chi connectivity index (χ2n) is 5.39. The van der Waals surface area contributed by atoms with E-state index < -0.39 is 30.4 Å². The van der Waals surface area contributed by atoms with E-state index in [9.17, 15) is 13.9 Å². The Balaban J connectivity index is 2.16. The van der Waals surface area contributed by atoms with Gasteiger partial charge in [-0.1, -0.05) is 29.8 Å². The molecule has 0 unspecified atom stereocenters. The normalized spacial score (nSPS) is 13.9. The number of hydrogen-bond acceptors (Lipinski definition) is 3. The molecule has 3 N–H and O–H groups in total. The first-order valence-corrected chi connectivity index (χ1v) is 7.77. The third-order valence-electron chi connectivity index (χ3n) is 3.58. The molecule has 0 aliphatic heterocycles. The molecule has 0 aliphatic carbocycles. The van der Waals surface area contributed by atoms with Crippen molar-refractivity contribution in [2.45, 2.75) is 19.1 Å². The van der Waals surface area contributed by atoms with Crippen molar-refractivity contribution in [3.05, 3.63) is 64.2 Å². The van der Waals surface area contributed by atoms with Crippen LogP contribution in [0.1, 0.15) is 18.1 Å². The maximum atomic E-state index is 14.1. The molecule has 0 heterocycles. The third-order valence-corrected chi connectivity index (χ3v) is 3.91. The molecule has 3 nitrogen and oxygen atoms in total. The molecule has 0 spiro atoms. The van der Waals surface area contributed by atoms with Gasteiger partial charge >= 0.3 is 0 Å². The lowest BCUT2D eigenvalue weighted by atomic mass is 10.1. The Morgan fingerprint density at radius 3 is 2.54 bits per heavy atom. The minimum absolute atomic E-state index is 0.205. The number of aliphatic hydroxyl groups excluding tert-OH is 2. The molecule has 2 rings (SSSR count). The van der Waals surface area contributed by atoms with Gasteiger partial charge in [-0.2, -0.15) is 0 Å². The first-order chi connectivity index (χ1) is 11.4. The summed E-state index contributed by atoms with van der Waals surface area (Å²) in [4.78, 5) is 0. The van der Waals surface area contributed by atoms with E-state index in [1.165, 1.54) is 30.3 Å². The molecule has 0 fully saturated rings. The summed E-state index contributed by atoms with van der Waals surface area (Å²) in [5, 5.41) is 21.5. The van der Waals surface area contributed by atoms with Crippen LogP contribution in [0.4, 0.5) is 14.5 Å². The number of hydrogen-bond donors (Lipinski definition) is 3. The van der Waals surface area contributed by atoms with Gasteiger partial charge in [-0.15, -0.1) is 0 Å². The van der Waals surface area contributed by atoms with Gasteiger partial charge < -0.3 is 15.5 Å². The van der Waals surface area contributed by atoms with Crippen LogP contribution in [0.5, 0.6) is 0 Å². The molecule has 0 saturated heterocycles. The van der Waals surface area contributed by atoms with Crippen LogP contribution in [0.2, 0.25) is 5.02 Å². The van der Waals surface area contributed by atoms with Crippen LogP contribution in [0, 0.1) is 11.6 Å². The number of anilines is 1. The molecule has 24 heavy (non-hydrogen) atoms. The summed E-state index contributed by atoms with van der Waals surface area (Å²) in [6.45, 7) is 1.22. The predicted octanol–water partition coefficient (Wildman–Crippen LogP) is 3.94. The van der Waals surface area contributed by atoms with Crippen molar-refractivity contribution in [2.24, 2.45) is 0 Å². The molecule has 2 aromatic carbocycles. The lowest BCUT2D eigenvalue weighted by Gasteiger charge is -2.20. The Morgan fingerprint density at radius 1 is 1.17 bits per heavy atom. The van der Waals surface area contributed by atoms with Crippen LogP contribution >= 0.6 is 11.6 Å². The van der Waals surface area contributed by atoms with Crippen LogP contribution in [0.25, 0.3) is 12.2 Å². The number of nitrogens with one attached hydrogen (secondary N) is 1. The zero-order chi connectivity index (χ0) is 17.7. The number of halogens is 3. The maximum absolute atomic E-state index is 14.1. The summed E-state index contributed by atoms with van der Waals surface area (Å²) in [5.41, 5.74) is 0.977. The standard InChI is InChI=1S/C18H18ClF2NO2/c1-11(18(24)10-23)22-17-8-6-12(9-16(17)21)5-7-13-14(19)3-2-4-15(13)20/h2-9,11,18,22-24H,10H2,1H3/t11-,18+/m1/s1. The number of benzene rings is 2. The van der Waals surface area contributed by atoms with E-state index in [1.807, 2.05) is 0 Å². The first-order valence-electron chi connectivity index (χ1n) is 7.39. The Hall–Kier alpha value is -1.95. The van der Waals surface area contributed by atoms with Crippen molar-refractivity contribution in [3.63, 3.8) is 0 Å². The number of rotatable bonds is 6. The topological polar surface area (TPSA) is 52.5 Å². The second kappa shape index (κ2) is 8.24. The van der Waals surface area contributed by atoms with Gasteiger partial charge in [0, 0.05) is 5.56 Å². The van der Waals surface area contributed by atoms with Gasteiger partial charge in [-0.25, -0.2) is 8.78 Å². The highest BCUT2D eigenvalue weighted by Crippen LogP contribution is 2.23.